The van der Waals surface area contributed by atoms with Gasteiger partial charge in [0.2, 0.25) is 0 Å². The highest BCUT2D eigenvalue weighted by Gasteiger charge is 2.41. The summed E-state index contributed by atoms with van der Waals surface area (Å²) in [7, 11) is 0.883. The lowest BCUT2D eigenvalue weighted by molar-refractivity contribution is 0.633. The van der Waals surface area contributed by atoms with Crippen LogP contribution in [0.2, 0.25) is 0 Å². The molecule has 276 valence electrons. The first-order valence-corrected chi connectivity index (χ1v) is 20.7. The molecule has 10 rings (SSSR count). The van der Waals surface area contributed by atoms with Gasteiger partial charge < -0.3 is 10.2 Å². The second-order valence-electron chi connectivity index (χ2n) is 16.5. The molecule has 2 heterocycles. The van der Waals surface area contributed by atoms with Gasteiger partial charge in [0.05, 0.1) is 5.69 Å². The maximum absolute atomic E-state index is 3.97. The van der Waals surface area contributed by atoms with Crippen molar-refractivity contribution in [2.75, 3.05) is 10.2 Å². The molecule has 2 aliphatic rings. The number of hydrogen-bond donors (Lipinski definition) is 1. The average molecular weight is 735 g/mol. The van der Waals surface area contributed by atoms with Crippen LogP contribution in [0.3, 0.4) is 0 Å². The van der Waals surface area contributed by atoms with Gasteiger partial charge in [0, 0.05) is 33.7 Å². The molecule has 3 heteroatoms. The van der Waals surface area contributed by atoms with E-state index < -0.39 is 0 Å². The van der Waals surface area contributed by atoms with Gasteiger partial charge >= 0.3 is 0 Å². The molecule has 0 fully saturated rings. The summed E-state index contributed by atoms with van der Waals surface area (Å²) in [5.74, 6) is 0. The predicted molar refractivity (Wildman–Crippen MR) is 246 cm³/mol. The number of hydrogen-bond acceptors (Lipinski definition) is 2. The standard InChI is InChI=1S/C54H47BN2/c1-4-5-8-18-36-29-45(44-25-15-16-28-49(44)56-43-32-41(37-19-9-6-10-20-37)31-42(33-43)38-21-11-7-12-22-38)52-51(30-36)57-50-35-40-24-14-13-23-39(40)34-47(50)54(2,3)46-26-17-27-48(55-52)53(46)57/h6-7,9-17,19-35,55-56H,4-5,8,18H2,1-3H3. The summed E-state index contributed by atoms with van der Waals surface area (Å²) in [6.45, 7) is 7.12. The predicted octanol–water partition coefficient (Wildman–Crippen LogP) is 13.1. The third-order valence-electron chi connectivity index (χ3n) is 12.4. The van der Waals surface area contributed by atoms with E-state index in [0.717, 1.165) is 25.1 Å². The van der Waals surface area contributed by atoms with Gasteiger partial charge in [-0.25, -0.2) is 0 Å². The van der Waals surface area contributed by atoms with Gasteiger partial charge in [-0.3, -0.25) is 0 Å². The fourth-order valence-electron chi connectivity index (χ4n) is 9.46. The Morgan fingerprint density at radius 2 is 1.21 bits per heavy atom. The molecule has 0 saturated carbocycles. The highest BCUT2D eigenvalue weighted by molar-refractivity contribution is 6.73. The van der Waals surface area contributed by atoms with E-state index in [1.165, 1.54) is 108 Å². The van der Waals surface area contributed by atoms with Crippen molar-refractivity contribution in [3.8, 4) is 33.4 Å². The van der Waals surface area contributed by atoms with Crippen LogP contribution in [0.4, 0.5) is 28.4 Å². The molecule has 1 N–H and O–H groups in total. The van der Waals surface area contributed by atoms with Crippen LogP contribution in [-0.2, 0) is 11.8 Å². The zero-order valence-electron chi connectivity index (χ0n) is 33.1. The highest BCUT2D eigenvalue weighted by atomic mass is 15.2. The summed E-state index contributed by atoms with van der Waals surface area (Å²) in [5.41, 5.74) is 20.3. The molecule has 8 aromatic carbocycles. The van der Waals surface area contributed by atoms with Gasteiger partial charge in [-0.05, 0) is 116 Å². The molecule has 0 unspecified atom stereocenters. The molecule has 2 nitrogen and oxygen atoms in total. The fraction of sp³-hybridized carbons (Fsp3) is 0.148. The molecule has 0 aliphatic carbocycles. The smallest absolute Gasteiger partial charge is 0.198 e. The fourth-order valence-corrected chi connectivity index (χ4v) is 9.46. The SMILES string of the molecule is CCCCCc1cc(-c2ccccc2Nc2cc(-c3ccccc3)cc(-c3ccccc3)c2)c2c(c1)N1c3cc4ccccc4cc3C(C)(C)c3cccc(c31)B2. The summed E-state index contributed by atoms with van der Waals surface area (Å²) in [4.78, 5) is 2.63. The van der Waals surface area contributed by atoms with Gasteiger partial charge in [0.25, 0.3) is 0 Å². The van der Waals surface area contributed by atoms with E-state index in [1.54, 1.807) is 0 Å². The number of benzene rings is 8. The minimum atomic E-state index is -0.135. The molecule has 0 atom stereocenters. The van der Waals surface area contributed by atoms with Crippen LogP contribution < -0.4 is 21.1 Å². The third kappa shape index (κ3) is 6.23. The average Bonchev–Trinajstić information content (AvgIpc) is 3.25. The Labute approximate surface area is 338 Å². The van der Waals surface area contributed by atoms with E-state index in [4.69, 9.17) is 0 Å². The van der Waals surface area contributed by atoms with Crippen molar-refractivity contribution in [2.45, 2.75) is 51.9 Å². The van der Waals surface area contributed by atoms with Crippen LogP contribution in [0.15, 0.2) is 170 Å². The molecule has 0 amide bonds. The largest absolute Gasteiger partial charge is 0.355 e. The van der Waals surface area contributed by atoms with Crippen LogP contribution in [0.1, 0.15) is 56.7 Å². The number of nitrogens with one attached hydrogen (secondary N) is 1. The second-order valence-corrected chi connectivity index (χ2v) is 16.5. The maximum Gasteiger partial charge on any atom is 0.198 e. The topological polar surface area (TPSA) is 15.3 Å². The Bertz CT molecular complexity index is 2730. The van der Waals surface area contributed by atoms with E-state index >= 15 is 0 Å². The van der Waals surface area contributed by atoms with Crippen LogP contribution in [0, 0.1) is 0 Å². The first-order chi connectivity index (χ1) is 28.0. The van der Waals surface area contributed by atoms with E-state index in [2.05, 4.69) is 201 Å². The second kappa shape index (κ2) is 14.3. The lowest BCUT2D eigenvalue weighted by Gasteiger charge is -2.46. The maximum atomic E-state index is 3.97. The van der Waals surface area contributed by atoms with Crippen molar-refractivity contribution in [1.82, 2.24) is 0 Å². The molecule has 0 spiro atoms. The summed E-state index contributed by atoms with van der Waals surface area (Å²) >= 11 is 0. The minimum Gasteiger partial charge on any atom is -0.355 e. The van der Waals surface area contributed by atoms with Gasteiger partial charge in [-0.2, -0.15) is 0 Å². The lowest BCUT2D eigenvalue weighted by atomic mass is 9.55. The Hall–Kier alpha value is -6.32. The number of fused-ring (bicyclic) bond motifs is 5. The minimum absolute atomic E-state index is 0.135. The van der Waals surface area contributed by atoms with Crippen LogP contribution in [0.5, 0.6) is 0 Å². The molecule has 0 bridgehead atoms. The molecule has 8 aromatic rings. The Morgan fingerprint density at radius 3 is 1.93 bits per heavy atom. The zero-order valence-corrected chi connectivity index (χ0v) is 33.1. The molecular formula is C54H47BN2. The van der Waals surface area contributed by atoms with E-state index in [1.807, 2.05) is 0 Å². The molecule has 0 aromatic heterocycles. The van der Waals surface area contributed by atoms with Crippen LogP contribution >= 0.6 is 0 Å². The monoisotopic (exact) mass is 734 g/mol. The van der Waals surface area contributed by atoms with Gasteiger partial charge in [0.15, 0.2) is 7.28 Å². The van der Waals surface area contributed by atoms with Crippen molar-refractivity contribution in [3.05, 3.63) is 187 Å². The van der Waals surface area contributed by atoms with Gasteiger partial charge in [0.1, 0.15) is 0 Å². The summed E-state index contributed by atoms with van der Waals surface area (Å²) in [6.07, 6.45) is 4.67. The molecule has 0 radical (unpaired) electrons. The Morgan fingerprint density at radius 1 is 0.544 bits per heavy atom. The van der Waals surface area contributed by atoms with Crippen LogP contribution in [-0.4, -0.2) is 7.28 Å². The quantitative estimate of drug-likeness (QED) is 0.117. The number of nitrogens with zero attached hydrogens (tertiary/aromatic N) is 1. The Balaban J connectivity index is 1.16. The van der Waals surface area contributed by atoms with E-state index in [-0.39, 0.29) is 5.41 Å². The van der Waals surface area contributed by atoms with Crippen molar-refractivity contribution in [2.24, 2.45) is 0 Å². The lowest BCUT2D eigenvalue weighted by Crippen LogP contribution is -2.45. The third-order valence-corrected chi connectivity index (χ3v) is 12.4. The van der Waals surface area contributed by atoms with E-state index in [9.17, 15) is 0 Å². The van der Waals surface area contributed by atoms with Gasteiger partial charge in [-0.15, -0.1) is 0 Å². The number of anilines is 5. The molecular weight excluding hydrogens is 687 g/mol. The number of para-hydroxylation sites is 2. The van der Waals surface area contributed by atoms with Crippen LogP contribution in [0.25, 0.3) is 44.2 Å². The number of unbranched alkanes of at least 4 members (excludes halogenated alkanes) is 2. The first kappa shape index (κ1) is 35.1. The van der Waals surface area contributed by atoms with Crippen molar-refractivity contribution in [3.63, 3.8) is 0 Å². The number of aryl methyl sites for hydroxylation is 1. The van der Waals surface area contributed by atoms with Crippen molar-refractivity contribution >= 4 is 57.4 Å². The van der Waals surface area contributed by atoms with E-state index in [0.29, 0.717) is 0 Å². The summed E-state index contributed by atoms with van der Waals surface area (Å²) in [5, 5.41) is 6.54. The summed E-state index contributed by atoms with van der Waals surface area (Å²) < 4.78 is 0. The van der Waals surface area contributed by atoms with Crippen molar-refractivity contribution in [1.29, 1.82) is 0 Å². The van der Waals surface area contributed by atoms with Gasteiger partial charge in [-0.1, -0.05) is 166 Å². The molecule has 2 aliphatic heterocycles. The Kier molecular flexibility index (Phi) is 8.82. The first-order valence-electron chi connectivity index (χ1n) is 20.7. The summed E-state index contributed by atoms with van der Waals surface area (Å²) in [6, 6.07) is 63.1. The normalized spacial score (nSPS) is 13.4. The number of rotatable bonds is 9. The molecule has 0 saturated heterocycles. The zero-order chi connectivity index (χ0) is 38.5. The van der Waals surface area contributed by atoms with Crippen molar-refractivity contribution < 1.29 is 0 Å². The highest BCUT2D eigenvalue weighted by Crippen LogP contribution is 2.53. The molecule has 57 heavy (non-hydrogen) atoms.